The van der Waals surface area contributed by atoms with E-state index in [0.29, 0.717) is 34.5 Å². The molecular formula is C23H29N3O4S. The standard InChI is InChI=1S/C23H29N3O4S/c1-4-31-12-11-16(2)26(3)14-22(27)25-19-8-6-5-7-18(19)23(28)24-17-9-10-20-21(13-17)30-15-29-20/h5-10,13,16H,4,11-12,14-15H2,1-3H3,(H,24,28)(H,25,27)/t16-/m0/s1. The number of ether oxygens (including phenoxy) is 2. The van der Waals surface area contributed by atoms with E-state index in [-0.39, 0.29) is 25.2 Å². The Morgan fingerprint density at radius 3 is 2.71 bits per heavy atom. The predicted octanol–water partition coefficient (Wildman–Crippen LogP) is 4.07. The highest BCUT2D eigenvalue weighted by molar-refractivity contribution is 7.99. The number of nitrogens with one attached hydrogen (secondary N) is 2. The average Bonchev–Trinajstić information content (AvgIpc) is 3.22. The molecule has 2 aromatic carbocycles. The molecule has 1 aliphatic heterocycles. The molecule has 2 aromatic rings. The summed E-state index contributed by atoms with van der Waals surface area (Å²) in [5, 5.41) is 5.73. The zero-order valence-electron chi connectivity index (χ0n) is 18.1. The Labute approximate surface area is 187 Å². The second-order valence-corrected chi connectivity index (χ2v) is 8.76. The molecule has 3 rings (SSSR count). The molecular weight excluding hydrogens is 414 g/mol. The normalized spacial score (nSPS) is 13.2. The first-order valence-corrected chi connectivity index (χ1v) is 11.5. The minimum atomic E-state index is -0.312. The van der Waals surface area contributed by atoms with Gasteiger partial charge < -0.3 is 20.1 Å². The molecule has 2 amide bonds. The van der Waals surface area contributed by atoms with Crippen LogP contribution in [-0.2, 0) is 4.79 Å². The van der Waals surface area contributed by atoms with Crippen molar-refractivity contribution in [1.29, 1.82) is 0 Å². The Hall–Kier alpha value is -2.71. The van der Waals surface area contributed by atoms with Crippen LogP contribution in [0.1, 0.15) is 30.6 Å². The monoisotopic (exact) mass is 443 g/mol. The van der Waals surface area contributed by atoms with Crippen molar-refractivity contribution in [3.63, 3.8) is 0 Å². The smallest absolute Gasteiger partial charge is 0.257 e. The number of carbonyl (C=O) groups is 2. The molecule has 8 heteroatoms. The second kappa shape index (κ2) is 11.1. The van der Waals surface area contributed by atoms with Crippen molar-refractivity contribution in [3.05, 3.63) is 48.0 Å². The number of thioether (sulfide) groups is 1. The van der Waals surface area contributed by atoms with E-state index in [1.165, 1.54) is 0 Å². The van der Waals surface area contributed by atoms with Crippen molar-refractivity contribution < 1.29 is 19.1 Å². The number of anilines is 2. The van der Waals surface area contributed by atoms with Crippen LogP contribution in [0.15, 0.2) is 42.5 Å². The molecule has 0 saturated heterocycles. The van der Waals surface area contributed by atoms with E-state index in [4.69, 9.17) is 9.47 Å². The maximum absolute atomic E-state index is 12.8. The Kier molecular flexibility index (Phi) is 8.20. The number of carbonyl (C=O) groups excluding carboxylic acids is 2. The summed E-state index contributed by atoms with van der Waals surface area (Å²) in [5.74, 6) is 2.95. The van der Waals surface area contributed by atoms with E-state index in [2.05, 4.69) is 24.5 Å². The lowest BCUT2D eigenvalue weighted by Gasteiger charge is -2.24. The molecule has 0 spiro atoms. The number of benzene rings is 2. The maximum Gasteiger partial charge on any atom is 0.257 e. The van der Waals surface area contributed by atoms with Crippen LogP contribution < -0.4 is 20.1 Å². The summed E-state index contributed by atoms with van der Waals surface area (Å²) in [5.41, 5.74) is 1.46. The fourth-order valence-electron chi connectivity index (χ4n) is 3.15. The van der Waals surface area contributed by atoms with Crippen molar-refractivity contribution in [2.75, 3.05) is 42.5 Å². The molecule has 1 aliphatic rings. The fourth-order valence-corrected chi connectivity index (χ4v) is 3.95. The average molecular weight is 444 g/mol. The second-order valence-electron chi connectivity index (χ2n) is 7.37. The van der Waals surface area contributed by atoms with Crippen molar-refractivity contribution in [2.24, 2.45) is 0 Å². The highest BCUT2D eigenvalue weighted by Crippen LogP contribution is 2.34. The third-order valence-corrected chi connectivity index (χ3v) is 6.04. The Bertz CT molecular complexity index is 921. The van der Waals surface area contributed by atoms with Crippen molar-refractivity contribution in [3.8, 4) is 11.5 Å². The van der Waals surface area contributed by atoms with Crippen LogP contribution in [0.25, 0.3) is 0 Å². The number of hydrogen-bond acceptors (Lipinski definition) is 6. The molecule has 0 fully saturated rings. The van der Waals surface area contributed by atoms with Crippen LogP contribution in [0, 0.1) is 0 Å². The Balaban J connectivity index is 1.60. The number of rotatable bonds is 10. The van der Waals surface area contributed by atoms with E-state index in [1.807, 2.05) is 23.7 Å². The van der Waals surface area contributed by atoms with Gasteiger partial charge in [-0.15, -0.1) is 0 Å². The number of amides is 2. The lowest BCUT2D eigenvalue weighted by Crippen LogP contribution is -2.37. The van der Waals surface area contributed by atoms with E-state index < -0.39 is 0 Å². The van der Waals surface area contributed by atoms with Gasteiger partial charge in [0.15, 0.2) is 11.5 Å². The van der Waals surface area contributed by atoms with Crippen LogP contribution in [0.2, 0.25) is 0 Å². The molecule has 166 valence electrons. The highest BCUT2D eigenvalue weighted by Gasteiger charge is 2.18. The molecule has 31 heavy (non-hydrogen) atoms. The van der Waals surface area contributed by atoms with Crippen LogP contribution in [0.4, 0.5) is 11.4 Å². The Morgan fingerprint density at radius 1 is 1.13 bits per heavy atom. The van der Waals surface area contributed by atoms with E-state index in [1.54, 1.807) is 42.5 Å². The summed E-state index contributed by atoms with van der Waals surface area (Å²) < 4.78 is 10.6. The third-order valence-electron chi connectivity index (χ3n) is 5.11. The lowest BCUT2D eigenvalue weighted by atomic mass is 10.1. The summed E-state index contributed by atoms with van der Waals surface area (Å²) in [7, 11) is 1.94. The number of likely N-dealkylation sites (N-methyl/N-ethyl adjacent to an activating group) is 1. The molecule has 2 N–H and O–H groups in total. The number of hydrogen-bond donors (Lipinski definition) is 2. The molecule has 0 saturated carbocycles. The van der Waals surface area contributed by atoms with Crippen LogP contribution >= 0.6 is 11.8 Å². The fraction of sp³-hybridized carbons (Fsp3) is 0.391. The molecule has 1 heterocycles. The van der Waals surface area contributed by atoms with E-state index >= 15 is 0 Å². The number of nitrogens with zero attached hydrogens (tertiary/aromatic N) is 1. The first-order valence-electron chi connectivity index (χ1n) is 10.4. The van der Waals surface area contributed by atoms with Gasteiger partial charge in [0.2, 0.25) is 12.7 Å². The van der Waals surface area contributed by atoms with E-state index in [0.717, 1.165) is 17.9 Å². The van der Waals surface area contributed by atoms with Crippen molar-refractivity contribution >= 4 is 35.0 Å². The topological polar surface area (TPSA) is 79.9 Å². The van der Waals surface area contributed by atoms with Crippen LogP contribution in [0.5, 0.6) is 11.5 Å². The van der Waals surface area contributed by atoms with Crippen LogP contribution in [-0.4, -0.2) is 54.6 Å². The summed E-state index contributed by atoms with van der Waals surface area (Å²) in [4.78, 5) is 27.5. The van der Waals surface area contributed by atoms with Crippen LogP contribution in [0.3, 0.4) is 0 Å². The van der Waals surface area contributed by atoms with Crippen molar-refractivity contribution in [1.82, 2.24) is 4.90 Å². The van der Waals surface area contributed by atoms with Gasteiger partial charge in [-0.25, -0.2) is 0 Å². The first-order chi connectivity index (χ1) is 15.0. The van der Waals surface area contributed by atoms with Gasteiger partial charge >= 0.3 is 0 Å². The van der Waals surface area contributed by atoms with E-state index in [9.17, 15) is 9.59 Å². The molecule has 0 unspecified atom stereocenters. The lowest BCUT2D eigenvalue weighted by molar-refractivity contribution is -0.117. The first kappa shape index (κ1) is 23.0. The summed E-state index contributed by atoms with van der Waals surface area (Å²) in [6.45, 7) is 4.70. The maximum atomic E-state index is 12.8. The molecule has 0 aromatic heterocycles. The molecule has 7 nitrogen and oxygen atoms in total. The van der Waals surface area contributed by atoms with Gasteiger partial charge in [-0.2, -0.15) is 11.8 Å². The van der Waals surface area contributed by atoms with Gasteiger partial charge in [0.05, 0.1) is 17.8 Å². The minimum absolute atomic E-state index is 0.152. The summed E-state index contributed by atoms with van der Waals surface area (Å²) in [6, 6.07) is 12.5. The highest BCUT2D eigenvalue weighted by atomic mass is 32.2. The molecule has 0 radical (unpaired) electrons. The minimum Gasteiger partial charge on any atom is -0.454 e. The van der Waals surface area contributed by atoms with Gasteiger partial charge in [0.1, 0.15) is 0 Å². The summed E-state index contributed by atoms with van der Waals surface area (Å²) >= 11 is 1.90. The SMILES string of the molecule is CCSCC[C@H](C)N(C)CC(=O)Nc1ccccc1C(=O)Nc1ccc2c(c1)OCO2. The molecule has 0 aliphatic carbocycles. The van der Waals surface area contributed by atoms with Gasteiger partial charge in [-0.1, -0.05) is 19.1 Å². The van der Waals surface area contributed by atoms with Crippen molar-refractivity contribution in [2.45, 2.75) is 26.3 Å². The zero-order valence-corrected chi connectivity index (χ0v) is 19.0. The zero-order chi connectivity index (χ0) is 22.2. The van der Waals surface area contributed by atoms with Gasteiger partial charge in [0, 0.05) is 17.8 Å². The molecule has 1 atom stereocenters. The number of para-hydroxylation sites is 1. The Morgan fingerprint density at radius 2 is 1.90 bits per heavy atom. The quantitative estimate of drug-likeness (QED) is 0.539. The summed E-state index contributed by atoms with van der Waals surface area (Å²) in [6.07, 6.45) is 1.02. The van der Waals surface area contributed by atoms with Gasteiger partial charge in [0.25, 0.3) is 5.91 Å². The van der Waals surface area contributed by atoms with Gasteiger partial charge in [-0.3, -0.25) is 14.5 Å². The predicted molar refractivity (Wildman–Crippen MR) is 125 cm³/mol. The largest absolute Gasteiger partial charge is 0.454 e. The third kappa shape index (κ3) is 6.38. The van der Waals surface area contributed by atoms with Gasteiger partial charge in [-0.05, 0) is 56.2 Å². The number of fused-ring (bicyclic) bond motifs is 1. The molecule has 0 bridgehead atoms.